The number of nitrogens with two attached hydrogens (primary N) is 1. The van der Waals surface area contributed by atoms with Crippen LogP contribution in [0.25, 0.3) is 0 Å². The molecule has 1 heterocycles. The molecule has 1 saturated heterocycles. The van der Waals surface area contributed by atoms with E-state index in [2.05, 4.69) is 11.8 Å². The van der Waals surface area contributed by atoms with Crippen LogP contribution >= 0.6 is 0 Å². The van der Waals surface area contributed by atoms with Crippen LogP contribution in [0.1, 0.15) is 13.3 Å². The van der Waals surface area contributed by atoms with Gasteiger partial charge in [-0.2, -0.15) is 8.78 Å². The molecule has 2 atom stereocenters. The first kappa shape index (κ1) is 15.2. The molecule has 1 fully saturated rings. The van der Waals surface area contributed by atoms with Gasteiger partial charge in [-0.1, -0.05) is 6.92 Å². The second-order valence-corrected chi connectivity index (χ2v) is 7.09. The van der Waals surface area contributed by atoms with Crippen LogP contribution in [-0.2, 0) is 9.84 Å². The lowest BCUT2D eigenvalue weighted by molar-refractivity contribution is 0.234. The maximum atomic E-state index is 12.4. The lowest BCUT2D eigenvalue weighted by atomic mass is 9.94. The summed E-state index contributed by atoms with van der Waals surface area (Å²) in [6, 6.07) is 5.77. The summed E-state index contributed by atoms with van der Waals surface area (Å²) < 4.78 is 47.5. The van der Waals surface area contributed by atoms with Crippen LogP contribution < -0.4 is 10.6 Å². The van der Waals surface area contributed by atoms with Crippen molar-refractivity contribution in [2.45, 2.75) is 30.0 Å². The van der Waals surface area contributed by atoms with Crippen LogP contribution in [0.2, 0.25) is 0 Å². The molecule has 20 heavy (non-hydrogen) atoms. The van der Waals surface area contributed by atoms with Gasteiger partial charge in [0.05, 0.1) is 4.90 Å². The first-order chi connectivity index (χ1) is 9.32. The Morgan fingerprint density at radius 1 is 1.30 bits per heavy atom. The topological polar surface area (TPSA) is 63.4 Å². The number of hydrogen-bond acceptors (Lipinski definition) is 4. The minimum atomic E-state index is -4.52. The fourth-order valence-corrected chi connectivity index (χ4v) is 3.07. The van der Waals surface area contributed by atoms with Gasteiger partial charge in [0.15, 0.2) is 0 Å². The number of benzene rings is 1. The second-order valence-electron chi connectivity index (χ2n) is 5.18. The Labute approximate surface area is 117 Å². The van der Waals surface area contributed by atoms with Gasteiger partial charge in [-0.3, -0.25) is 0 Å². The van der Waals surface area contributed by atoms with Crippen LogP contribution in [0.4, 0.5) is 14.5 Å². The van der Waals surface area contributed by atoms with Crippen LogP contribution in [-0.4, -0.2) is 33.3 Å². The number of rotatable bonds is 3. The molecule has 2 rings (SSSR count). The van der Waals surface area contributed by atoms with E-state index in [1.54, 1.807) is 12.1 Å². The molecule has 4 nitrogen and oxygen atoms in total. The number of halogens is 2. The van der Waals surface area contributed by atoms with Gasteiger partial charge < -0.3 is 10.6 Å². The van der Waals surface area contributed by atoms with Gasteiger partial charge in [0.1, 0.15) is 0 Å². The molecule has 0 aliphatic carbocycles. The lowest BCUT2D eigenvalue weighted by Crippen LogP contribution is -2.45. The van der Waals surface area contributed by atoms with E-state index in [0.29, 0.717) is 5.92 Å². The van der Waals surface area contributed by atoms with E-state index in [0.717, 1.165) is 25.2 Å². The van der Waals surface area contributed by atoms with Crippen molar-refractivity contribution in [3.05, 3.63) is 24.3 Å². The summed E-state index contributed by atoms with van der Waals surface area (Å²) in [5.74, 6) is -3.05. The van der Waals surface area contributed by atoms with Crippen LogP contribution in [0.3, 0.4) is 0 Å². The Kier molecular flexibility index (Phi) is 4.29. The van der Waals surface area contributed by atoms with E-state index in [4.69, 9.17) is 5.73 Å². The SMILES string of the molecule is CC1CN(c2ccc(S(=O)(=O)C(F)F)cc2)CCC1N. The maximum absolute atomic E-state index is 12.4. The van der Waals surface area contributed by atoms with Crippen molar-refractivity contribution in [1.82, 2.24) is 0 Å². The fourth-order valence-electron chi connectivity index (χ4n) is 2.35. The molecule has 2 unspecified atom stereocenters. The standard InChI is InChI=1S/C13H18F2N2O2S/c1-9-8-17(7-6-12(9)16)10-2-4-11(5-3-10)20(18,19)13(14)15/h2-5,9,12-13H,6-8,16H2,1H3. The molecular formula is C13H18F2N2O2S. The average Bonchev–Trinajstić information content (AvgIpc) is 2.42. The Bertz CT molecular complexity index is 560. The highest BCUT2D eigenvalue weighted by Crippen LogP contribution is 2.25. The van der Waals surface area contributed by atoms with E-state index in [1.807, 2.05) is 0 Å². The quantitative estimate of drug-likeness (QED) is 0.926. The summed E-state index contributed by atoms with van der Waals surface area (Å²) >= 11 is 0. The first-order valence-corrected chi connectivity index (χ1v) is 7.99. The van der Waals surface area contributed by atoms with Crippen molar-refractivity contribution in [2.75, 3.05) is 18.0 Å². The third-order valence-electron chi connectivity index (χ3n) is 3.74. The van der Waals surface area contributed by atoms with Crippen molar-refractivity contribution >= 4 is 15.5 Å². The Morgan fingerprint density at radius 2 is 1.90 bits per heavy atom. The molecule has 2 N–H and O–H groups in total. The smallest absolute Gasteiger partial charge is 0.341 e. The lowest BCUT2D eigenvalue weighted by Gasteiger charge is -2.36. The third-order valence-corrected chi connectivity index (χ3v) is 5.13. The number of hydrogen-bond donors (Lipinski definition) is 1. The van der Waals surface area contributed by atoms with Gasteiger partial charge in [-0.05, 0) is 36.6 Å². The van der Waals surface area contributed by atoms with E-state index >= 15 is 0 Å². The molecule has 7 heteroatoms. The highest BCUT2D eigenvalue weighted by Gasteiger charge is 2.27. The molecule has 0 spiro atoms. The van der Waals surface area contributed by atoms with E-state index in [1.165, 1.54) is 12.1 Å². The zero-order valence-corrected chi connectivity index (χ0v) is 12.0. The summed E-state index contributed by atoms with van der Waals surface area (Å²) in [5, 5.41) is 0. The van der Waals surface area contributed by atoms with Gasteiger partial charge in [0, 0.05) is 24.8 Å². The number of piperidine rings is 1. The summed E-state index contributed by atoms with van der Waals surface area (Å²) in [5.41, 5.74) is 6.77. The van der Waals surface area contributed by atoms with Crippen molar-refractivity contribution < 1.29 is 17.2 Å². The highest BCUT2D eigenvalue weighted by atomic mass is 32.2. The molecule has 1 aliphatic rings. The molecule has 1 aromatic carbocycles. The molecule has 1 aromatic rings. The van der Waals surface area contributed by atoms with Crippen molar-refractivity contribution in [1.29, 1.82) is 0 Å². The second kappa shape index (κ2) is 5.65. The predicted octanol–water partition coefficient (Wildman–Crippen LogP) is 1.86. The number of sulfone groups is 1. The zero-order chi connectivity index (χ0) is 14.9. The maximum Gasteiger partial charge on any atom is 0.341 e. The third kappa shape index (κ3) is 2.93. The summed E-state index contributed by atoms with van der Waals surface area (Å²) in [6.07, 6.45) is 0.859. The normalized spacial score (nSPS) is 24.1. The van der Waals surface area contributed by atoms with Crippen LogP contribution in [0.5, 0.6) is 0 Å². The Balaban J connectivity index is 2.17. The molecule has 0 bridgehead atoms. The minimum absolute atomic E-state index is 0.171. The Hall–Kier alpha value is -1.21. The van der Waals surface area contributed by atoms with Crippen LogP contribution in [0, 0.1) is 5.92 Å². The first-order valence-electron chi connectivity index (χ1n) is 6.45. The summed E-state index contributed by atoms with van der Waals surface area (Å²) in [4.78, 5) is 1.74. The predicted molar refractivity (Wildman–Crippen MR) is 73.6 cm³/mol. The average molecular weight is 304 g/mol. The van der Waals surface area contributed by atoms with E-state index in [9.17, 15) is 17.2 Å². The molecule has 1 aliphatic heterocycles. The molecule has 0 amide bonds. The van der Waals surface area contributed by atoms with E-state index < -0.39 is 15.6 Å². The summed E-state index contributed by atoms with van der Waals surface area (Å²) in [6.45, 7) is 3.63. The van der Waals surface area contributed by atoms with Crippen LogP contribution in [0.15, 0.2) is 29.2 Å². The number of nitrogens with zero attached hydrogens (tertiary/aromatic N) is 1. The molecule has 0 aromatic heterocycles. The fraction of sp³-hybridized carbons (Fsp3) is 0.538. The monoisotopic (exact) mass is 304 g/mol. The van der Waals surface area contributed by atoms with Gasteiger partial charge in [0.2, 0.25) is 9.84 Å². The molecule has 112 valence electrons. The molecule has 0 saturated carbocycles. The van der Waals surface area contributed by atoms with Crippen molar-refractivity contribution in [2.24, 2.45) is 11.7 Å². The Morgan fingerprint density at radius 3 is 2.40 bits per heavy atom. The minimum Gasteiger partial charge on any atom is -0.371 e. The van der Waals surface area contributed by atoms with E-state index in [-0.39, 0.29) is 10.9 Å². The number of alkyl halides is 2. The zero-order valence-electron chi connectivity index (χ0n) is 11.2. The van der Waals surface area contributed by atoms with Gasteiger partial charge >= 0.3 is 5.76 Å². The summed E-state index contributed by atoms with van der Waals surface area (Å²) in [7, 11) is -4.52. The van der Waals surface area contributed by atoms with Gasteiger partial charge in [-0.25, -0.2) is 8.42 Å². The van der Waals surface area contributed by atoms with Gasteiger partial charge in [-0.15, -0.1) is 0 Å². The molecular weight excluding hydrogens is 286 g/mol. The largest absolute Gasteiger partial charge is 0.371 e. The highest BCUT2D eigenvalue weighted by molar-refractivity contribution is 7.91. The van der Waals surface area contributed by atoms with Crippen molar-refractivity contribution in [3.63, 3.8) is 0 Å². The molecule has 0 radical (unpaired) electrons. The van der Waals surface area contributed by atoms with Crippen molar-refractivity contribution in [3.8, 4) is 0 Å². The number of anilines is 1. The van der Waals surface area contributed by atoms with Gasteiger partial charge in [0.25, 0.3) is 0 Å².